The lowest BCUT2D eigenvalue weighted by molar-refractivity contribution is -0.384. The highest BCUT2D eigenvalue weighted by Gasteiger charge is 2.10. The zero-order valence-electron chi connectivity index (χ0n) is 14.2. The molecule has 0 saturated carbocycles. The molecule has 0 spiro atoms. The van der Waals surface area contributed by atoms with Gasteiger partial charge in [-0.15, -0.1) is 11.3 Å². The first-order valence-electron chi connectivity index (χ1n) is 7.92. The Morgan fingerprint density at radius 1 is 1.32 bits per heavy atom. The van der Waals surface area contributed by atoms with Gasteiger partial charge in [-0.25, -0.2) is 14.8 Å². The van der Waals surface area contributed by atoms with Crippen LogP contribution in [0.1, 0.15) is 11.3 Å². The summed E-state index contributed by atoms with van der Waals surface area (Å²) in [5.41, 5.74) is 3.44. The Morgan fingerprint density at radius 3 is 2.79 bits per heavy atom. The monoisotopic (exact) mass is 400 g/mol. The van der Waals surface area contributed by atoms with E-state index in [2.05, 4.69) is 15.5 Å². The topological polar surface area (TPSA) is 118 Å². The van der Waals surface area contributed by atoms with Crippen molar-refractivity contribution < 1.29 is 19.2 Å². The SMILES string of the molecule is O=C(Cc1csc(-c2ccc(F)cc2)n1)N/N=C/c1cc([N+](=O)[O-])ccc1O. The predicted molar refractivity (Wildman–Crippen MR) is 102 cm³/mol. The van der Waals surface area contributed by atoms with E-state index in [9.17, 15) is 24.4 Å². The Kier molecular flexibility index (Phi) is 5.70. The van der Waals surface area contributed by atoms with Gasteiger partial charge in [-0.2, -0.15) is 5.10 Å². The summed E-state index contributed by atoms with van der Waals surface area (Å²) < 4.78 is 13.0. The molecule has 2 N–H and O–H groups in total. The van der Waals surface area contributed by atoms with E-state index in [0.717, 1.165) is 23.9 Å². The van der Waals surface area contributed by atoms with Crippen LogP contribution in [0.4, 0.5) is 10.1 Å². The average Bonchev–Trinajstić information content (AvgIpc) is 3.12. The first kappa shape index (κ1) is 19.1. The van der Waals surface area contributed by atoms with Gasteiger partial charge >= 0.3 is 0 Å². The van der Waals surface area contributed by atoms with E-state index < -0.39 is 10.8 Å². The second-order valence-corrected chi connectivity index (χ2v) is 6.48. The molecule has 0 saturated heterocycles. The average molecular weight is 400 g/mol. The summed E-state index contributed by atoms with van der Waals surface area (Å²) >= 11 is 1.33. The fraction of sp³-hybridized carbons (Fsp3) is 0.0556. The predicted octanol–water partition coefficient (Wildman–Crippen LogP) is 3.26. The summed E-state index contributed by atoms with van der Waals surface area (Å²) in [5, 5.41) is 26.5. The van der Waals surface area contributed by atoms with Gasteiger partial charge in [-0.1, -0.05) is 0 Å². The first-order valence-corrected chi connectivity index (χ1v) is 8.80. The van der Waals surface area contributed by atoms with Crippen molar-refractivity contribution in [3.8, 4) is 16.3 Å². The molecule has 0 aliphatic carbocycles. The molecule has 0 unspecified atom stereocenters. The number of hydrogen-bond acceptors (Lipinski definition) is 7. The second-order valence-electron chi connectivity index (χ2n) is 5.62. The van der Waals surface area contributed by atoms with Gasteiger partial charge in [-0.3, -0.25) is 14.9 Å². The molecular formula is C18H13FN4O4S. The fourth-order valence-electron chi connectivity index (χ4n) is 2.25. The molecule has 28 heavy (non-hydrogen) atoms. The number of phenolic OH excluding ortho intramolecular Hbond substituents is 1. The fourth-order valence-corrected chi connectivity index (χ4v) is 3.08. The zero-order chi connectivity index (χ0) is 20.1. The van der Waals surface area contributed by atoms with Crippen LogP contribution in [-0.2, 0) is 11.2 Å². The van der Waals surface area contributed by atoms with E-state index in [1.54, 1.807) is 17.5 Å². The van der Waals surface area contributed by atoms with E-state index in [1.165, 1.54) is 29.5 Å². The number of amides is 1. The number of benzene rings is 2. The third-order valence-electron chi connectivity index (χ3n) is 3.60. The Hall–Kier alpha value is -3.66. The van der Waals surface area contributed by atoms with Crippen LogP contribution < -0.4 is 5.43 Å². The second kappa shape index (κ2) is 8.35. The quantitative estimate of drug-likeness (QED) is 0.374. The Labute approximate surface area is 162 Å². The summed E-state index contributed by atoms with van der Waals surface area (Å²) in [6.45, 7) is 0. The van der Waals surface area contributed by atoms with Crippen LogP contribution in [0.15, 0.2) is 52.9 Å². The summed E-state index contributed by atoms with van der Waals surface area (Å²) in [5.74, 6) is -0.989. The Bertz CT molecular complexity index is 1050. The zero-order valence-corrected chi connectivity index (χ0v) is 15.0. The number of aromatic hydroxyl groups is 1. The molecule has 0 aliphatic rings. The number of aromatic nitrogens is 1. The Morgan fingerprint density at radius 2 is 2.07 bits per heavy atom. The third-order valence-corrected chi connectivity index (χ3v) is 4.54. The molecule has 3 rings (SSSR count). The molecule has 3 aromatic rings. The third kappa shape index (κ3) is 4.74. The first-order chi connectivity index (χ1) is 13.4. The van der Waals surface area contributed by atoms with E-state index >= 15 is 0 Å². The molecule has 0 aliphatic heterocycles. The highest BCUT2D eigenvalue weighted by atomic mass is 32.1. The number of phenols is 1. The lowest BCUT2D eigenvalue weighted by Gasteiger charge is -2.00. The molecule has 2 aromatic carbocycles. The number of nitro groups is 1. The van der Waals surface area contributed by atoms with Gasteiger partial charge in [0.1, 0.15) is 16.6 Å². The summed E-state index contributed by atoms with van der Waals surface area (Å²) in [4.78, 5) is 26.5. The number of nitrogens with zero attached hydrogens (tertiary/aromatic N) is 3. The highest BCUT2D eigenvalue weighted by Crippen LogP contribution is 2.24. The number of hydrogen-bond donors (Lipinski definition) is 2. The van der Waals surface area contributed by atoms with Crippen molar-refractivity contribution in [1.29, 1.82) is 0 Å². The van der Waals surface area contributed by atoms with Gasteiger partial charge in [0.2, 0.25) is 5.91 Å². The van der Waals surface area contributed by atoms with Crippen LogP contribution in [-0.4, -0.2) is 27.1 Å². The molecule has 0 fully saturated rings. The minimum absolute atomic E-state index is 0.0318. The van der Waals surface area contributed by atoms with Crippen molar-refractivity contribution in [2.24, 2.45) is 5.10 Å². The van der Waals surface area contributed by atoms with E-state index in [-0.39, 0.29) is 29.2 Å². The van der Waals surface area contributed by atoms with Crippen LogP contribution in [0.5, 0.6) is 5.75 Å². The smallest absolute Gasteiger partial charge is 0.270 e. The standard InChI is InChI=1S/C18H13FN4O4S/c19-13-3-1-11(2-4-13)18-21-14(10-28-18)8-17(25)22-20-9-12-7-15(23(26)27)5-6-16(12)24/h1-7,9-10,24H,8H2,(H,22,25)/b20-9+. The van der Waals surface area contributed by atoms with E-state index in [0.29, 0.717) is 10.7 Å². The lowest BCUT2D eigenvalue weighted by atomic mass is 10.2. The Balaban J connectivity index is 1.61. The van der Waals surface area contributed by atoms with Crippen LogP contribution in [0.25, 0.3) is 10.6 Å². The summed E-state index contributed by atoms with van der Waals surface area (Å²) in [6.07, 6.45) is 1.08. The maximum absolute atomic E-state index is 13.0. The number of halogens is 1. The van der Waals surface area contributed by atoms with Crippen molar-refractivity contribution in [2.45, 2.75) is 6.42 Å². The molecule has 0 bridgehead atoms. The molecule has 1 amide bonds. The van der Waals surface area contributed by atoms with E-state index in [1.807, 2.05) is 0 Å². The highest BCUT2D eigenvalue weighted by molar-refractivity contribution is 7.13. The van der Waals surface area contributed by atoms with Crippen molar-refractivity contribution in [3.63, 3.8) is 0 Å². The van der Waals surface area contributed by atoms with Gasteiger partial charge in [0.25, 0.3) is 5.69 Å². The normalized spacial score (nSPS) is 10.9. The van der Waals surface area contributed by atoms with Gasteiger partial charge < -0.3 is 5.11 Å². The molecule has 142 valence electrons. The summed E-state index contributed by atoms with van der Waals surface area (Å²) in [7, 11) is 0. The van der Waals surface area contributed by atoms with Gasteiger partial charge in [-0.05, 0) is 30.3 Å². The van der Waals surface area contributed by atoms with Crippen molar-refractivity contribution in [3.05, 3.63) is 75.0 Å². The maximum Gasteiger partial charge on any atom is 0.270 e. The molecule has 1 heterocycles. The number of carbonyl (C=O) groups excluding carboxylic acids is 1. The maximum atomic E-state index is 13.0. The number of hydrazone groups is 1. The van der Waals surface area contributed by atoms with Crippen LogP contribution in [0.3, 0.4) is 0 Å². The van der Waals surface area contributed by atoms with Crippen molar-refractivity contribution in [2.75, 3.05) is 0 Å². The van der Waals surface area contributed by atoms with E-state index in [4.69, 9.17) is 0 Å². The molecule has 0 atom stereocenters. The molecule has 1 aromatic heterocycles. The van der Waals surface area contributed by atoms with Gasteiger partial charge in [0.15, 0.2) is 0 Å². The van der Waals surface area contributed by atoms with Gasteiger partial charge in [0.05, 0.1) is 23.3 Å². The minimum atomic E-state index is -0.601. The van der Waals surface area contributed by atoms with Gasteiger partial charge in [0, 0.05) is 28.6 Å². The number of rotatable bonds is 6. The number of non-ortho nitro benzene ring substituents is 1. The number of nitrogens with one attached hydrogen (secondary N) is 1. The number of thiazole rings is 1. The number of carbonyl (C=O) groups is 1. The molecular weight excluding hydrogens is 387 g/mol. The number of nitro benzene ring substituents is 1. The summed E-state index contributed by atoms with van der Waals surface area (Å²) in [6, 6.07) is 9.35. The van der Waals surface area contributed by atoms with Crippen LogP contribution >= 0.6 is 11.3 Å². The van der Waals surface area contributed by atoms with Crippen LogP contribution in [0, 0.1) is 15.9 Å². The molecule has 8 nitrogen and oxygen atoms in total. The largest absolute Gasteiger partial charge is 0.507 e. The molecule has 10 heteroatoms. The lowest BCUT2D eigenvalue weighted by Crippen LogP contribution is -2.19. The van der Waals surface area contributed by atoms with Crippen LogP contribution in [0.2, 0.25) is 0 Å². The van der Waals surface area contributed by atoms with Crippen molar-refractivity contribution in [1.82, 2.24) is 10.4 Å². The van der Waals surface area contributed by atoms with Crippen molar-refractivity contribution >= 4 is 29.1 Å². The molecule has 0 radical (unpaired) electrons. The minimum Gasteiger partial charge on any atom is -0.507 e.